The molecule has 1 fully saturated rings. The van der Waals surface area contributed by atoms with Crippen molar-refractivity contribution in [1.29, 1.82) is 0 Å². The van der Waals surface area contributed by atoms with Crippen LogP contribution in [-0.4, -0.2) is 104 Å². The zero-order valence-electron chi connectivity index (χ0n) is 38.5. The first-order valence-electron chi connectivity index (χ1n) is 21.5. The Morgan fingerprint density at radius 1 is 0.828 bits per heavy atom. The largest absolute Gasteiger partial charge is 0.497 e. The molecule has 1 aliphatic rings. The number of nitrogens with one attached hydrogen (secondary N) is 1. The fourth-order valence-electron chi connectivity index (χ4n) is 7.93. The van der Waals surface area contributed by atoms with Crippen LogP contribution in [-0.2, 0) is 24.1 Å². The normalized spacial score (nSPS) is 16.9. The van der Waals surface area contributed by atoms with Gasteiger partial charge in [-0.25, -0.2) is 9.46 Å². The van der Waals surface area contributed by atoms with Crippen LogP contribution in [0, 0.1) is 6.92 Å². The van der Waals surface area contributed by atoms with Crippen molar-refractivity contribution in [2.75, 3.05) is 60.0 Å². The molecule has 1 saturated heterocycles. The SMILES string of the molecule is COc1ccc(C(OC[C@H]2O[C@@H](n3cc(C)c(=O)[nH]c3=O)C[C@@H]2OP(OCCN(C)C(=O)c2ccc(N(C)C)cc2)N(C(C)C)C(C)C)(c2ccccc2)c2ccc(OC)cc2)cc1. The van der Waals surface area contributed by atoms with Crippen LogP contribution in [0.15, 0.2) is 119 Å². The van der Waals surface area contributed by atoms with Gasteiger partial charge in [-0.05, 0) is 99.8 Å². The summed E-state index contributed by atoms with van der Waals surface area (Å²) in [5, 5.41) is 0. The lowest BCUT2D eigenvalue weighted by molar-refractivity contribution is -0.0926. The van der Waals surface area contributed by atoms with Gasteiger partial charge >= 0.3 is 5.69 Å². The summed E-state index contributed by atoms with van der Waals surface area (Å²) >= 11 is 0. The summed E-state index contributed by atoms with van der Waals surface area (Å²) in [7, 11) is 7.17. The molecule has 0 bridgehead atoms. The van der Waals surface area contributed by atoms with Crippen LogP contribution in [0.5, 0.6) is 11.5 Å². The number of aromatic nitrogens is 2. The number of carbonyl (C=O) groups is 1. The predicted molar refractivity (Wildman–Crippen MR) is 250 cm³/mol. The highest BCUT2D eigenvalue weighted by Gasteiger charge is 2.45. The number of benzene rings is 4. The van der Waals surface area contributed by atoms with E-state index in [1.165, 1.54) is 10.8 Å². The maximum atomic E-state index is 13.5. The predicted octanol–water partition coefficient (Wildman–Crippen LogP) is 7.74. The number of carbonyl (C=O) groups excluding carboxylic acids is 1. The summed E-state index contributed by atoms with van der Waals surface area (Å²) in [6.45, 7) is 10.5. The highest BCUT2D eigenvalue weighted by Crippen LogP contribution is 2.50. The molecule has 342 valence electrons. The lowest BCUT2D eigenvalue weighted by atomic mass is 9.80. The molecule has 4 aromatic carbocycles. The molecule has 64 heavy (non-hydrogen) atoms. The zero-order chi connectivity index (χ0) is 46.1. The molecule has 14 nitrogen and oxygen atoms in total. The van der Waals surface area contributed by atoms with Crippen LogP contribution in [0.3, 0.4) is 0 Å². The standard InChI is InChI=1S/C49H62N5O9P/c1-33(2)54(34(3)4)64(61-29-28-52(8)47(56)36-16-22-40(23-17-36)51(6)7)63-43-30-45(53-31-35(5)46(55)50-48(53)57)62-44(43)32-60-49(37-14-12-11-13-15-37,38-18-24-41(58-9)25-19-38)39-20-26-42(59-10)27-21-39/h11-27,31,33-34,43-45H,28-30,32H2,1-10H3,(H,50,55,57)/t43-,44+,45+,64?/m0/s1. The summed E-state index contributed by atoms with van der Waals surface area (Å²) in [5.41, 5.74) is 2.28. The topological polar surface area (TPSA) is 137 Å². The number of amides is 1. The van der Waals surface area contributed by atoms with Gasteiger partial charge in [0.2, 0.25) is 0 Å². The minimum atomic E-state index is -1.76. The van der Waals surface area contributed by atoms with Crippen LogP contribution in [0.25, 0.3) is 0 Å². The van der Waals surface area contributed by atoms with E-state index in [1.54, 1.807) is 33.1 Å². The molecule has 5 aromatic rings. The van der Waals surface area contributed by atoms with E-state index in [0.29, 0.717) is 29.2 Å². The summed E-state index contributed by atoms with van der Waals surface area (Å²) in [5.74, 6) is 1.27. The molecule has 1 aliphatic heterocycles. The lowest BCUT2D eigenvalue weighted by Gasteiger charge is -2.39. The Balaban J connectivity index is 1.35. The van der Waals surface area contributed by atoms with E-state index in [9.17, 15) is 14.4 Å². The number of aryl methyl sites for hydroxylation is 1. The Labute approximate surface area is 377 Å². The van der Waals surface area contributed by atoms with E-state index in [2.05, 4.69) is 37.3 Å². The van der Waals surface area contributed by atoms with Crippen molar-refractivity contribution in [2.45, 2.75) is 77.2 Å². The molecule has 0 radical (unpaired) electrons. The molecule has 0 saturated carbocycles. The first kappa shape index (κ1) is 48.1. The number of hydrogen-bond acceptors (Lipinski definition) is 11. The molecule has 1 N–H and O–H groups in total. The maximum Gasteiger partial charge on any atom is 0.330 e. The Morgan fingerprint density at radius 2 is 1.39 bits per heavy atom. The minimum Gasteiger partial charge on any atom is -0.497 e. The van der Waals surface area contributed by atoms with Gasteiger partial charge in [0, 0.05) is 69.2 Å². The average Bonchev–Trinajstić information content (AvgIpc) is 3.69. The Hall–Kier alpha value is -5.34. The third-order valence-electron chi connectivity index (χ3n) is 11.4. The molecule has 15 heteroatoms. The number of nitrogens with zero attached hydrogens (tertiary/aromatic N) is 4. The number of hydrogen-bond donors (Lipinski definition) is 1. The second kappa shape index (κ2) is 21.6. The summed E-state index contributed by atoms with van der Waals surface area (Å²) < 4.78 is 42.6. The van der Waals surface area contributed by atoms with E-state index in [0.717, 1.165) is 22.4 Å². The third-order valence-corrected chi connectivity index (χ3v) is 13.5. The monoisotopic (exact) mass is 895 g/mol. The van der Waals surface area contributed by atoms with Gasteiger partial charge in [0.25, 0.3) is 20.0 Å². The number of H-pyrrole nitrogens is 1. The quantitative estimate of drug-likeness (QED) is 0.0607. The van der Waals surface area contributed by atoms with Crippen LogP contribution in [0.4, 0.5) is 5.69 Å². The Kier molecular flexibility index (Phi) is 16.2. The molecule has 2 heterocycles. The molecule has 1 amide bonds. The van der Waals surface area contributed by atoms with Crippen LogP contribution >= 0.6 is 8.53 Å². The summed E-state index contributed by atoms with van der Waals surface area (Å²) in [4.78, 5) is 45.4. The molecular weight excluding hydrogens is 834 g/mol. The van der Waals surface area contributed by atoms with E-state index < -0.39 is 43.8 Å². The number of rotatable bonds is 20. The fourth-order valence-corrected chi connectivity index (χ4v) is 9.68. The lowest BCUT2D eigenvalue weighted by Crippen LogP contribution is -2.40. The van der Waals surface area contributed by atoms with Crippen molar-refractivity contribution >= 4 is 20.1 Å². The number of methoxy groups -OCH3 is 2. The maximum absolute atomic E-state index is 13.5. The minimum absolute atomic E-state index is 0.0155. The van der Waals surface area contributed by atoms with E-state index in [4.69, 9.17) is 28.0 Å². The van der Waals surface area contributed by atoms with E-state index in [-0.39, 0.29) is 37.6 Å². The molecule has 1 unspecified atom stereocenters. The third kappa shape index (κ3) is 10.9. The number of likely N-dealkylation sites (N-methyl/N-ethyl adjacent to an activating group) is 1. The van der Waals surface area contributed by atoms with Gasteiger partial charge in [-0.2, -0.15) is 0 Å². The zero-order valence-corrected chi connectivity index (χ0v) is 39.4. The first-order chi connectivity index (χ1) is 30.7. The molecule has 0 spiro atoms. The van der Waals surface area contributed by atoms with Gasteiger partial charge in [0.1, 0.15) is 29.4 Å². The molecular formula is C49H62N5O9P. The molecule has 4 atom stereocenters. The molecule has 1 aromatic heterocycles. The van der Waals surface area contributed by atoms with Gasteiger partial charge in [-0.15, -0.1) is 0 Å². The van der Waals surface area contributed by atoms with E-state index in [1.807, 2.05) is 122 Å². The van der Waals surface area contributed by atoms with Gasteiger partial charge in [-0.3, -0.25) is 19.1 Å². The van der Waals surface area contributed by atoms with Crippen molar-refractivity contribution in [2.24, 2.45) is 0 Å². The second-order valence-corrected chi connectivity index (χ2v) is 18.0. The van der Waals surface area contributed by atoms with Gasteiger partial charge in [-0.1, -0.05) is 54.6 Å². The molecule has 0 aliphatic carbocycles. The number of anilines is 1. The number of ether oxygens (including phenoxy) is 4. The Morgan fingerprint density at radius 3 is 1.92 bits per heavy atom. The van der Waals surface area contributed by atoms with Crippen LogP contribution in [0.1, 0.15) is 73.0 Å². The van der Waals surface area contributed by atoms with Crippen molar-refractivity contribution < 1.29 is 32.8 Å². The van der Waals surface area contributed by atoms with E-state index >= 15 is 0 Å². The first-order valence-corrected chi connectivity index (χ1v) is 22.7. The summed E-state index contributed by atoms with van der Waals surface area (Å²) in [6.07, 6.45) is -0.418. The van der Waals surface area contributed by atoms with Crippen molar-refractivity contribution in [1.82, 2.24) is 19.1 Å². The molecule has 6 rings (SSSR count). The Bertz CT molecular complexity index is 2330. The highest BCUT2D eigenvalue weighted by molar-refractivity contribution is 7.44. The van der Waals surface area contributed by atoms with Gasteiger partial charge in [0.15, 0.2) is 0 Å². The van der Waals surface area contributed by atoms with Crippen molar-refractivity contribution in [3.05, 3.63) is 158 Å². The number of aromatic amines is 1. The van der Waals surface area contributed by atoms with Gasteiger partial charge < -0.3 is 37.8 Å². The average molecular weight is 896 g/mol. The second-order valence-electron chi connectivity index (χ2n) is 16.6. The van der Waals surface area contributed by atoms with Crippen molar-refractivity contribution in [3.8, 4) is 11.5 Å². The van der Waals surface area contributed by atoms with Gasteiger partial charge in [0.05, 0.1) is 33.5 Å². The highest BCUT2D eigenvalue weighted by atomic mass is 31.2. The smallest absolute Gasteiger partial charge is 0.330 e. The summed E-state index contributed by atoms with van der Waals surface area (Å²) in [6, 6.07) is 33.1. The van der Waals surface area contributed by atoms with Crippen molar-refractivity contribution in [3.63, 3.8) is 0 Å². The fraction of sp³-hybridized carbons (Fsp3) is 0.408. The van der Waals surface area contributed by atoms with Crippen LogP contribution < -0.4 is 25.6 Å². The van der Waals surface area contributed by atoms with Crippen LogP contribution in [0.2, 0.25) is 0 Å².